The number of hydrogen-bond acceptors (Lipinski definition) is 15. The van der Waals surface area contributed by atoms with Gasteiger partial charge in [0.25, 0.3) is 0 Å². The largest absolute Gasteiger partial charge is 0.460 e. The number of ether oxygens (including phenoxy) is 5. The maximum absolute atomic E-state index is 11.8. The number of aliphatic hydroxyl groups is 4. The van der Waals surface area contributed by atoms with E-state index in [0.29, 0.717) is 0 Å². The van der Waals surface area contributed by atoms with Crippen molar-refractivity contribution < 1.29 is 53.7 Å². The fraction of sp³-hybridized carbons (Fsp3) is 0.864. The maximum Gasteiger partial charge on any atom is 0.308 e. The Bertz CT molecular complexity index is 871. The number of nitrogens with two attached hydrogens (primary N) is 1. The van der Waals surface area contributed by atoms with Gasteiger partial charge in [0.15, 0.2) is 0 Å². The van der Waals surface area contributed by atoms with Gasteiger partial charge in [0.2, 0.25) is 17.5 Å². The number of tetrazole rings is 1. The molecule has 0 aromatic carbocycles. The van der Waals surface area contributed by atoms with Gasteiger partial charge in [-0.15, -0.1) is 10.2 Å². The van der Waals surface area contributed by atoms with Crippen molar-refractivity contribution in [3.05, 3.63) is 5.82 Å². The van der Waals surface area contributed by atoms with E-state index in [0.717, 1.165) is 0 Å². The zero-order valence-electron chi connectivity index (χ0n) is 22.3. The van der Waals surface area contributed by atoms with Crippen molar-refractivity contribution in [3.8, 4) is 0 Å². The molecule has 17 heteroatoms. The zero-order valence-corrected chi connectivity index (χ0v) is 22.3. The highest BCUT2D eigenvalue weighted by Crippen LogP contribution is 2.38. The van der Waals surface area contributed by atoms with E-state index >= 15 is 0 Å². The molecular weight excluding hydrogens is 524 g/mol. The molecule has 0 bridgehead atoms. The summed E-state index contributed by atoms with van der Waals surface area (Å²) in [6, 6.07) is -1.24. The van der Waals surface area contributed by atoms with Gasteiger partial charge in [0, 0.05) is 13.0 Å². The number of aliphatic hydroxyl groups excluding tert-OH is 4. The topological polar surface area (TPSA) is 254 Å². The van der Waals surface area contributed by atoms with Gasteiger partial charge in [-0.05, 0) is 26.0 Å². The Morgan fingerprint density at radius 2 is 1.87 bits per heavy atom. The van der Waals surface area contributed by atoms with E-state index < -0.39 is 54.4 Å². The van der Waals surface area contributed by atoms with Crippen LogP contribution >= 0.6 is 0 Å². The first-order valence-electron chi connectivity index (χ1n) is 12.5. The van der Waals surface area contributed by atoms with E-state index in [2.05, 4.69) is 25.9 Å². The van der Waals surface area contributed by atoms with Gasteiger partial charge in [0.1, 0.15) is 24.4 Å². The number of rotatable bonds is 16. The van der Waals surface area contributed by atoms with Gasteiger partial charge in [-0.2, -0.15) is 5.21 Å². The predicted octanol–water partition coefficient (Wildman–Crippen LogP) is -3.56. The summed E-state index contributed by atoms with van der Waals surface area (Å²) in [4.78, 5) is 23.5. The third-order valence-electron chi connectivity index (χ3n) is 5.51. The third-order valence-corrected chi connectivity index (χ3v) is 5.51. The lowest BCUT2D eigenvalue weighted by atomic mass is 9.88. The second kappa shape index (κ2) is 15.4. The predicted molar refractivity (Wildman–Crippen MR) is 129 cm³/mol. The third kappa shape index (κ3) is 10.3. The lowest BCUT2D eigenvalue weighted by Gasteiger charge is -2.47. The highest BCUT2D eigenvalue weighted by molar-refractivity contribution is 5.77. The zero-order chi connectivity index (χ0) is 29.1. The smallest absolute Gasteiger partial charge is 0.308 e. The molecule has 0 unspecified atom stereocenters. The van der Waals surface area contributed by atoms with E-state index in [-0.39, 0.29) is 64.2 Å². The van der Waals surface area contributed by atoms with Gasteiger partial charge in [-0.3, -0.25) is 9.59 Å². The Labute approximate surface area is 225 Å². The Morgan fingerprint density at radius 3 is 2.46 bits per heavy atom. The van der Waals surface area contributed by atoms with Crippen LogP contribution in [0.2, 0.25) is 0 Å². The molecule has 1 aliphatic heterocycles. The summed E-state index contributed by atoms with van der Waals surface area (Å²) in [5.41, 5.74) is 4.91. The number of aromatic amines is 1. The van der Waals surface area contributed by atoms with Crippen molar-refractivity contribution in [2.75, 3.05) is 46.2 Å². The highest BCUT2D eigenvalue weighted by atomic mass is 16.7. The molecular formula is C22H40N6O11. The summed E-state index contributed by atoms with van der Waals surface area (Å²) in [7, 11) is 0. The summed E-state index contributed by atoms with van der Waals surface area (Å²) in [6.07, 6.45) is -6.18. The van der Waals surface area contributed by atoms with Crippen molar-refractivity contribution in [1.29, 1.82) is 0 Å². The molecule has 224 valence electrons. The van der Waals surface area contributed by atoms with Crippen LogP contribution in [0, 0.1) is 0 Å². The van der Waals surface area contributed by atoms with Crippen LogP contribution in [0.25, 0.3) is 0 Å². The number of carbonyl (C=O) groups is 2. The molecule has 8 N–H and O–H groups in total. The number of nitrogens with one attached hydrogen (secondary N) is 2. The molecule has 0 saturated carbocycles. The van der Waals surface area contributed by atoms with Crippen molar-refractivity contribution >= 4 is 11.9 Å². The fourth-order valence-electron chi connectivity index (χ4n) is 3.77. The van der Waals surface area contributed by atoms with Crippen LogP contribution in [0.4, 0.5) is 0 Å². The summed E-state index contributed by atoms with van der Waals surface area (Å²) in [5.74, 6) is -3.16. The maximum atomic E-state index is 11.8. The lowest BCUT2D eigenvalue weighted by molar-refractivity contribution is -0.333. The van der Waals surface area contributed by atoms with Crippen molar-refractivity contribution in [2.24, 2.45) is 5.73 Å². The number of nitrogens with zero attached hydrogens (tertiary/aromatic N) is 3. The summed E-state index contributed by atoms with van der Waals surface area (Å²) in [5, 5.41) is 56.7. The first-order valence-corrected chi connectivity index (χ1v) is 12.5. The van der Waals surface area contributed by atoms with Gasteiger partial charge < -0.3 is 55.2 Å². The summed E-state index contributed by atoms with van der Waals surface area (Å²) in [6.45, 7) is 4.66. The van der Waals surface area contributed by atoms with Crippen LogP contribution < -0.4 is 11.1 Å². The molecule has 1 aliphatic rings. The second-order valence-electron chi connectivity index (χ2n) is 9.80. The normalized spacial score (nSPS) is 25.2. The van der Waals surface area contributed by atoms with Crippen molar-refractivity contribution in [3.63, 3.8) is 0 Å². The molecule has 2 rings (SSSR count). The minimum absolute atomic E-state index is 0.0534. The first kappa shape index (κ1) is 32.9. The molecule has 39 heavy (non-hydrogen) atoms. The number of carbonyl (C=O) groups excluding carboxylic acids is 2. The van der Waals surface area contributed by atoms with E-state index in [1.54, 1.807) is 20.8 Å². The Kier molecular flexibility index (Phi) is 13.0. The molecule has 1 amide bonds. The van der Waals surface area contributed by atoms with E-state index in [4.69, 9.17) is 34.5 Å². The number of amides is 1. The van der Waals surface area contributed by atoms with Gasteiger partial charge >= 0.3 is 5.97 Å². The average molecular weight is 565 g/mol. The lowest BCUT2D eigenvalue weighted by Crippen LogP contribution is -2.66. The van der Waals surface area contributed by atoms with Gasteiger partial charge in [0.05, 0.1) is 57.7 Å². The number of esters is 1. The minimum Gasteiger partial charge on any atom is -0.460 e. The summed E-state index contributed by atoms with van der Waals surface area (Å²) < 4.78 is 27.9. The van der Waals surface area contributed by atoms with Crippen LogP contribution in [-0.4, -0.2) is 135 Å². The first-order chi connectivity index (χ1) is 18.4. The second-order valence-corrected chi connectivity index (χ2v) is 9.80. The average Bonchev–Trinajstić information content (AvgIpc) is 3.43. The van der Waals surface area contributed by atoms with Crippen LogP contribution in [0.1, 0.15) is 39.4 Å². The van der Waals surface area contributed by atoms with Crippen LogP contribution in [0.3, 0.4) is 0 Å². The molecule has 2 heterocycles. The number of aromatic nitrogens is 4. The molecule has 0 radical (unpaired) electrons. The van der Waals surface area contributed by atoms with Gasteiger partial charge in [-0.25, -0.2) is 0 Å². The number of H-pyrrole nitrogens is 1. The Hall–Kier alpha value is -2.35. The molecule has 1 saturated heterocycles. The molecule has 1 fully saturated rings. The fourth-order valence-corrected chi connectivity index (χ4v) is 3.77. The van der Waals surface area contributed by atoms with Crippen LogP contribution in [0.15, 0.2) is 0 Å². The Balaban J connectivity index is 1.95. The monoisotopic (exact) mass is 564 g/mol. The summed E-state index contributed by atoms with van der Waals surface area (Å²) >= 11 is 0. The molecule has 6 atom stereocenters. The van der Waals surface area contributed by atoms with Crippen molar-refractivity contribution in [1.82, 2.24) is 25.9 Å². The standard InChI is InChI=1S/C22H40N6O11/c1-21(2,3)38-16(33)4-5-35-6-7-36-8-9-37-22(20-25-27-28-26-20)10-13(30)17(24-15(32)12-29)19(39-22)18(34)14(31)11-23/h13-14,17-19,29-31,34H,4-12,23H2,1-3H3,(H,24,32)(H,25,26,27,28)/t13-,14+,17+,18+,19+,22+/m0/s1. The van der Waals surface area contributed by atoms with Gasteiger partial charge in [-0.1, -0.05) is 0 Å². The SMILES string of the molecule is CC(C)(C)OC(=O)CCOCCOCCO[C@]1(c2nn[nH]n2)C[C@H](O)[C@@H](NC(=O)CO)[C@H]([C@H](O)[C@H](O)CN)O1. The number of hydrogen-bond donors (Lipinski definition) is 7. The molecule has 1 aromatic heterocycles. The molecule has 0 spiro atoms. The van der Waals surface area contributed by atoms with Crippen LogP contribution in [0.5, 0.6) is 0 Å². The quantitative estimate of drug-likeness (QED) is 0.0757. The highest BCUT2D eigenvalue weighted by Gasteiger charge is 2.54. The minimum atomic E-state index is -1.85. The van der Waals surface area contributed by atoms with Crippen molar-refractivity contribution in [2.45, 2.75) is 75.5 Å². The Morgan fingerprint density at radius 1 is 1.21 bits per heavy atom. The van der Waals surface area contributed by atoms with E-state index in [9.17, 15) is 24.9 Å². The van der Waals surface area contributed by atoms with E-state index in [1.807, 2.05) is 0 Å². The molecule has 1 aromatic rings. The van der Waals surface area contributed by atoms with E-state index in [1.165, 1.54) is 0 Å². The molecule has 0 aliphatic carbocycles. The molecule has 17 nitrogen and oxygen atoms in total. The van der Waals surface area contributed by atoms with Crippen LogP contribution in [-0.2, 0) is 39.1 Å².